The number of aliphatic imine (C=N–C) groups is 1. The van der Waals surface area contributed by atoms with Crippen molar-refractivity contribution in [2.45, 2.75) is 0 Å². The summed E-state index contributed by atoms with van der Waals surface area (Å²) < 4.78 is 0. The molecule has 1 aliphatic rings. The number of H-pyrrole nitrogens is 1. The molecule has 2 aromatic carbocycles. The van der Waals surface area contributed by atoms with Crippen molar-refractivity contribution < 1.29 is 5.11 Å². The third kappa shape index (κ3) is 1.60. The summed E-state index contributed by atoms with van der Waals surface area (Å²) in [7, 11) is 0. The number of fused-ring (bicyclic) bond motifs is 2. The molecule has 1 aliphatic heterocycles. The van der Waals surface area contributed by atoms with Crippen molar-refractivity contribution in [2.24, 2.45) is 15.0 Å². The Morgan fingerprint density at radius 1 is 0.850 bits per heavy atom. The molecule has 20 heavy (non-hydrogen) atoms. The Bertz CT molecular complexity index is 932. The van der Waals surface area contributed by atoms with Crippen LogP contribution in [0.2, 0.25) is 0 Å². The monoisotopic (exact) mass is 262 g/mol. The van der Waals surface area contributed by atoms with E-state index in [0.717, 1.165) is 21.5 Å². The van der Waals surface area contributed by atoms with Crippen LogP contribution in [-0.2, 0) is 0 Å². The lowest BCUT2D eigenvalue weighted by Gasteiger charge is -1.91. The molecule has 0 saturated heterocycles. The molecule has 5 heteroatoms. The van der Waals surface area contributed by atoms with Crippen LogP contribution in [0.4, 0.5) is 5.82 Å². The molecule has 0 aliphatic carbocycles. The summed E-state index contributed by atoms with van der Waals surface area (Å²) in [6, 6.07) is 15.1. The minimum atomic E-state index is 0.107. The smallest absolute Gasteiger partial charge is 0.252 e. The van der Waals surface area contributed by atoms with E-state index in [9.17, 15) is 5.11 Å². The third-order valence-electron chi connectivity index (χ3n) is 3.21. The van der Waals surface area contributed by atoms with Gasteiger partial charge in [-0.2, -0.15) is 4.99 Å². The van der Waals surface area contributed by atoms with Gasteiger partial charge in [0.15, 0.2) is 5.88 Å². The highest BCUT2D eigenvalue weighted by atomic mass is 16.3. The summed E-state index contributed by atoms with van der Waals surface area (Å²) in [5.74, 6) is 1.06. The summed E-state index contributed by atoms with van der Waals surface area (Å²) in [5.41, 5.74) is 0. The molecule has 3 aromatic rings. The standard InChI is InChI=1S/C15H10N4O/c20-14-10-6-2-1-5-9(10)13(18-14)19-15-16-11-7-3-4-8-12(11)17-15/h1-8,18,20H. The van der Waals surface area contributed by atoms with Crippen molar-refractivity contribution in [3.63, 3.8) is 0 Å². The SMILES string of the molecule is Oc1[nH]c(N=C2N=c3ccccc3=N2)c2ccccc12. The Labute approximate surface area is 113 Å². The zero-order valence-corrected chi connectivity index (χ0v) is 10.4. The largest absolute Gasteiger partial charge is 0.494 e. The molecule has 0 atom stereocenters. The lowest BCUT2D eigenvalue weighted by molar-refractivity contribution is 0.463. The van der Waals surface area contributed by atoms with Crippen LogP contribution in [0.3, 0.4) is 0 Å². The van der Waals surface area contributed by atoms with Gasteiger partial charge in [0.05, 0.1) is 10.7 Å². The zero-order valence-electron chi connectivity index (χ0n) is 10.4. The van der Waals surface area contributed by atoms with Crippen LogP contribution in [0.25, 0.3) is 10.8 Å². The lowest BCUT2D eigenvalue weighted by Crippen LogP contribution is -2.19. The number of aromatic hydroxyl groups is 1. The average Bonchev–Trinajstić information content (AvgIpc) is 3.01. The van der Waals surface area contributed by atoms with Gasteiger partial charge in [0.1, 0.15) is 5.82 Å². The van der Waals surface area contributed by atoms with E-state index in [1.165, 1.54) is 0 Å². The predicted octanol–water partition coefficient (Wildman–Crippen LogP) is 1.81. The van der Waals surface area contributed by atoms with Crippen LogP contribution in [0.15, 0.2) is 63.5 Å². The molecule has 96 valence electrons. The van der Waals surface area contributed by atoms with Gasteiger partial charge in [-0.15, -0.1) is 0 Å². The average molecular weight is 262 g/mol. The van der Waals surface area contributed by atoms with Crippen LogP contribution in [0.1, 0.15) is 0 Å². The minimum absolute atomic E-state index is 0.107. The van der Waals surface area contributed by atoms with Gasteiger partial charge in [-0.05, 0) is 18.2 Å². The molecule has 0 saturated carbocycles. The maximum Gasteiger partial charge on any atom is 0.252 e. The maximum atomic E-state index is 9.85. The summed E-state index contributed by atoms with van der Waals surface area (Å²) in [6.45, 7) is 0. The summed E-state index contributed by atoms with van der Waals surface area (Å²) >= 11 is 0. The van der Waals surface area contributed by atoms with Gasteiger partial charge in [-0.1, -0.05) is 30.3 Å². The number of aromatic amines is 1. The van der Waals surface area contributed by atoms with Crippen molar-refractivity contribution in [2.75, 3.05) is 0 Å². The molecule has 1 aromatic heterocycles. The fourth-order valence-corrected chi connectivity index (χ4v) is 2.27. The van der Waals surface area contributed by atoms with E-state index in [1.54, 1.807) is 0 Å². The van der Waals surface area contributed by atoms with Gasteiger partial charge in [0.2, 0.25) is 0 Å². The number of nitrogens with one attached hydrogen (secondary N) is 1. The second-order valence-electron chi connectivity index (χ2n) is 4.49. The van der Waals surface area contributed by atoms with E-state index in [2.05, 4.69) is 20.0 Å². The van der Waals surface area contributed by atoms with Gasteiger partial charge >= 0.3 is 0 Å². The molecular formula is C15H10N4O. The Morgan fingerprint density at radius 3 is 2.15 bits per heavy atom. The Morgan fingerprint density at radius 2 is 1.45 bits per heavy atom. The summed E-state index contributed by atoms with van der Waals surface area (Å²) in [4.78, 5) is 15.9. The minimum Gasteiger partial charge on any atom is -0.494 e. The Kier molecular flexibility index (Phi) is 2.20. The number of para-hydroxylation sites is 2. The summed E-state index contributed by atoms with van der Waals surface area (Å²) in [5, 5.41) is 13.1. The van der Waals surface area contributed by atoms with E-state index in [0.29, 0.717) is 11.8 Å². The van der Waals surface area contributed by atoms with Crippen molar-refractivity contribution in [3.05, 3.63) is 59.2 Å². The van der Waals surface area contributed by atoms with E-state index in [1.807, 2.05) is 48.5 Å². The van der Waals surface area contributed by atoms with Crippen LogP contribution in [0, 0.1) is 0 Å². The molecule has 0 radical (unpaired) electrons. The van der Waals surface area contributed by atoms with Crippen molar-refractivity contribution in [1.82, 2.24) is 4.98 Å². The van der Waals surface area contributed by atoms with Gasteiger partial charge in [-0.25, -0.2) is 9.98 Å². The molecule has 2 N–H and O–H groups in total. The maximum absolute atomic E-state index is 9.85. The molecule has 0 fully saturated rings. The number of hydrogen-bond acceptors (Lipinski definition) is 2. The Balaban J connectivity index is 1.91. The van der Waals surface area contributed by atoms with E-state index in [4.69, 9.17) is 0 Å². The molecule has 4 rings (SSSR count). The zero-order chi connectivity index (χ0) is 13.5. The Hall–Kier alpha value is -2.95. The van der Waals surface area contributed by atoms with E-state index in [-0.39, 0.29) is 5.88 Å². The van der Waals surface area contributed by atoms with Gasteiger partial charge < -0.3 is 10.1 Å². The number of guanidine groups is 1. The van der Waals surface area contributed by atoms with E-state index >= 15 is 0 Å². The molecule has 0 bridgehead atoms. The van der Waals surface area contributed by atoms with Crippen molar-refractivity contribution in [3.8, 4) is 5.88 Å². The van der Waals surface area contributed by atoms with Gasteiger partial charge in [-0.3, -0.25) is 0 Å². The fraction of sp³-hybridized carbons (Fsp3) is 0. The fourth-order valence-electron chi connectivity index (χ4n) is 2.27. The first-order valence-electron chi connectivity index (χ1n) is 6.22. The number of nitrogens with zero attached hydrogens (tertiary/aromatic N) is 3. The quantitative estimate of drug-likeness (QED) is 0.689. The molecule has 0 amide bonds. The van der Waals surface area contributed by atoms with Gasteiger partial charge in [0.25, 0.3) is 5.96 Å². The van der Waals surface area contributed by atoms with Crippen LogP contribution in [0.5, 0.6) is 5.88 Å². The first kappa shape index (κ1) is 10.9. The predicted molar refractivity (Wildman–Crippen MR) is 75.8 cm³/mol. The molecule has 5 nitrogen and oxygen atoms in total. The molecule has 0 unspecified atom stereocenters. The molecule has 2 heterocycles. The third-order valence-corrected chi connectivity index (χ3v) is 3.21. The second kappa shape index (κ2) is 4.03. The number of benzene rings is 2. The van der Waals surface area contributed by atoms with E-state index < -0.39 is 0 Å². The normalized spacial score (nSPS) is 12.9. The van der Waals surface area contributed by atoms with Gasteiger partial charge in [0, 0.05) is 10.8 Å². The summed E-state index contributed by atoms with van der Waals surface area (Å²) in [6.07, 6.45) is 0. The first-order valence-corrected chi connectivity index (χ1v) is 6.22. The highest BCUT2D eigenvalue weighted by molar-refractivity contribution is 5.98. The highest BCUT2D eigenvalue weighted by Crippen LogP contribution is 2.32. The van der Waals surface area contributed by atoms with Crippen molar-refractivity contribution in [1.29, 1.82) is 0 Å². The molecule has 0 spiro atoms. The number of aromatic nitrogens is 1. The van der Waals surface area contributed by atoms with Crippen LogP contribution in [-0.4, -0.2) is 16.1 Å². The molecular weight excluding hydrogens is 252 g/mol. The number of hydrogen-bond donors (Lipinski definition) is 2. The highest BCUT2D eigenvalue weighted by Gasteiger charge is 2.10. The number of rotatable bonds is 1. The second-order valence-corrected chi connectivity index (χ2v) is 4.49. The van der Waals surface area contributed by atoms with Crippen LogP contribution < -0.4 is 10.7 Å². The topological polar surface area (TPSA) is 73.1 Å². The van der Waals surface area contributed by atoms with Crippen LogP contribution >= 0.6 is 0 Å². The lowest BCUT2D eigenvalue weighted by atomic mass is 10.2. The van der Waals surface area contributed by atoms with Crippen molar-refractivity contribution >= 4 is 22.5 Å². The first-order chi connectivity index (χ1) is 9.81.